The Morgan fingerprint density at radius 2 is 1.83 bits per heavy atom. The molecule has 4 rings (SSSR count). The molecule has 0 N–H and O–H groups in total. The average Bonchev–Trinajstić information content (AvgIpc) is 3.32. The highest BCUT2D eigenvalue weighted by atomic mass is 19.4. The molecule has 15 heteroatoms. The quantitative estimate of drug-likeness (QED) is 0.376. The largest absolute Gasteiger partial charge is 0.493 e. The van der Waals surface area contributed by atoms with E-state index in [-0.39, 0.29) is 19.6 Å². The van der Waals surface area contributed by atoms with Gasteiger partial charge in [0, 0.05) is 46.3 Å². The molecular formula is C31H40F3N5O7. The van der Waals surface area contributed by atoms with Gasteiger partial charge in [-0.15, -0.1) is 0 Å². The number of fused-ring (bicyclic) bond motifs is 2. The first-order valence-corrected chi connectivity index (χ1v) is 15.0. The monoisotopic (exact) mass is 651 g/mol. The number of hydrogen-bond donors (Lipinski definition) is 0. The first-order chi connectivity index (χ1) is 21.5. The minimum absolute atomic E-state index is 0.0217. The average molecular weight is 652 g/mol. The Hall–Kier alpha value is -4.30. The molecule has 1 atom stereocenters. The number of amides is 3. The number of alkyl halides is 3. The van der Waals surface area contributed by atoms with Crippen LogP contribution in [0.25, 0.3) is 0 Å². The van der Waals surface area contributed by atoms with Crippen LogP contribution in [0.3, 0.4) is 0 Å². The number of benzene rings is 1. The van der Waals surface area contributed by atoms with E-state index in [0.29, 0.717) is 52.9 Å². The molecule has 1 aromatic carbocycles. The van der Waals surface area contributed by atoms with Gasteiger partial charge in [-0.1, -0.05) is 6.07 Å². The second-order valence-corrected chi connectivity index (χ2v) is 12.6. The molecule has 3 amide bonds. The number of aromatic nitrogens is 2. The molecule has 3 heterocycles. The lowest BCUT2D eigenvalue weighted by molar-refractivity contribution is -0.166. The minimum Gasteiger partial charge on any atom is -0.493 e. The number of rotatable bonds is 9. The fourth-order valence-electron chi connectivity index (χ4n) is 5.20. The Kier molecular flexibility index (Phi) is 10.5. The zero-order valence-corrected chi connectivity index (χ0v) is 26.7. The Balaban J connectivity index is 1.43. The molecule has 2 aliphatic rings. The van der Waals surface area contributed by atoms with Crippen molar-refractivity contribution in [3.63, 3.8) is 0 Å². The van der Waals surface area contributed by atoms with E-state index in [4.69, 9.17) is 14.2 Å². The summed E-state index contributed by atoms with van der Waals surface area (Å²) in [4.78, 5) is 58.1. The van der Waals surface area contributed by atoms with E-state index in [2.05, 4.69) is 4.98 Å². The van der Waals surface area contributed by atoms with Crippen LogP contribution in [0.15, 0.2) is 24.4 Å². The lowest BCUT2D eigenvalue weighted by Crippen LogP contribution is -2.41. The first kappa shape index (κ1) is 34.6. The molecule has 2 aliphatic heterocycles. The fraction of sp³-hybridized carbons (Fsp3) is 0.581. The molecular weight excluding hydrogens is 611 g/mol. The number of carbonyl (C=O) groups excluding carboxylic acids is 4. The van der Waals surface area contributed by atoms with Crippen LogP contribution in [0.2, 0.25) is 0 Å². The number of aryl methyl sites for hydroxylation is 1. The molecule has 12 nitrogen and oxygen atoms in total. The zero-order chi connectivity index (χ0) is 33.8. The van der Waals surface area contributed by atoms with E-state index in [0.717, 1.165) is 6.42 Å². The van der Waals surface area contributed by atoms with Gasteiger partial charge in [0.1, 0.15) is 17.9 Å². The highest BCUT2D eigenvalue weighted by molar-refractivity contribution is 5.87. The Morgan fingerprint density at radius 1 is 1.09 bits per heavy atom. The van der Waals surface area contributed by atoms with Crippen LogP contribution in [0.1, 0.15) is 50.4 Å². The van der Waals surface area contributed by atoms with Crippen molar-refractivity contribution in [2.45, 2.75) is 71.3 Å². The summed E-state index contributed by atoms with van der Waals surface area (Å²) in [6, 6.07) is 4.94. The molecule has 252 valence electrons. The minimum atomic E-state index is -4.65. The summed E-state index contributed by atoms with van der Waals surface area (Å²) < 4.78 is 58.6. The van der Waals surface area contributed by atoms with Crippen LogP contribution in [-0.2, 0) is 49.8 Å². The van der Waals surface area contributed by atoms with Crippen molar-refractivity contribution in [2.24, 2.45) is 5.92 Å². The van der Waals surface area contributed by atoms with Crippen LogP contribution in [0.4, 0.5) is 23.9 Å². The van der Waals surface area contributed by atoms with Crippen molar-refractivity contribution < 1.29 is 46.6 Å². The molecule has 1 aromatic heterocycles. The number of carbonyl (C=O) groups is 4. The Bertz CT molecular complexity index is 1450. The van der Waals surface area contributed by atoms with Crippen molar-refractivity contribution in [1.82, 2.24) is 19.4 Å². The van der Waals surface area contributed by atoms with E-state index in [9.17, 15) is 32.3 Å². The Labute approximate surface area is 265 Å². The third-order valence-electron chi connectivity index (χ3n) is 7.37. The van der Waals surface area contributed by atoms with Crippen molar-refractivity contribution in [3.05, 3.63) is 41.2 Å². The lowest BCUT2D eigenvalue weighted by Gasteiger charge is -2.29. The predicted octanol–water partition coefficient (Wildman–Crippen LogP) is 3.73. The summed E-state index contributed by atoms with van der Waals surface area (Å²) in [6.07, 6.45) is -2.56. The molecule has 46 heavy (non-hydrogen) atoms. The standard InChI is InChI=1S/C31H40F3N5O7/c1-30(2,3)46-29(43)39-11-6-10-37-17-23(35-28(37)39)9-12-44-24-8-7-20-13-21(15-26(41)45-18-25(40)36(4)5)27(42)38(16-22(20)14-24)19-31(32,33)34/h7-8,14,17,21H,6,9-13,15-16,18-19H2,1-5H3/t21-/m0/s1. The molecule has 0 saturated heterocycles. The molecule has 2 aromatic rings. The highest BCUT2D eigenvalue weighted by Gasteiger charge is 2.38. The maximum absolute atomic E-state index is 13.4. The summed E-state index contributed by atoms with van der Waals surface area (Å²) in [5, 5.41) is 0. The van der Waals surface area contributed by atoms with Crippen LogP contribution in [-0.4, -0.2) is 95.4 Å². The normalized spacial score (nSPS) is 16.7. The number of hydrogen-bond acceptors (Lipinski definition) is 8. The maximum Gasteiger partial charge on any atom is 0.417 e. The second-order valence-electron chi connectivity index (χ2n) is 12.6. The van der Waals surface area contributed by atoms with Gasteiger partial charge in [-0.05, 0) is 56.9 Å². The van der Waals surface area contributed by atoms with Gasteiger partial charge in [0.05, 0.1) is 24.6 Å². The van der Waals surface area contributed by atoms with Gasteiger partial charge >= 0.3 is 18.2 Å². The molecule has 0 bridgehead atoms. The van der Waals surface area contributed by atoms with Gasteiger partial charge < -0.3 is 28.6 Å². The van der Waals surface area contributed by atoms with Gasteiger partial charge in [0.25, 0.3) is 5.91 Å². The summed E-state index contributed by atoms with van der Waals surface area (Å²) in [5.74, 6) is -2.33. The van der Waals surface area contributed by atoms with E-state index in [1.165, 1.54) is 23.9 Å². The number of nitrogens with zero attached hydrogens (tertiary/aromatic N) is 5. The van der Waals surface area contributed by atoms with Crippen molar-refractivity contribution in [2.75, 3.05) is 45.3 Å². The summed E-state index contributed by atoms with van der Waals surface area (Å²) >= 11 is 0. The third-order valence-corrected chi connectivity index (χ3v) is 7.37. The third kappa shape index (κ3) is 9.36. The zero-order valence-electron chi connectivity index (χ0n) is 26.7. The van der Waals surface area contributed by atoms with Crippen LogP contribution >= 0.6 is 0 Å². The molecule has 0 radical (unpaired) electrons. The van der Waals surface area contributed by atoms with Gasteiger partial charge in [0.2, 0.25) is 11.9 Å². The van der Waals surface area contributed by atoms with E-state index >= 15 is 0 Å². The van der Waals surface area contributed by atoms with E-state index < -0.39 is 61.1 Å². The molecule has 0 fully saturated rings. The topological polar surface area (TPSA) is 124 Å². The summed E-state index contributed by atoms with van der Waals surface area (Å²) in [5.41, 5.74) is 1.13. The van der Waals surface area contributed by atoms with Crippen LogP contribution in [0.5, 0.6) is 5.75 Å². The van der Waals surface area contributed by atoms with Crippen LogP contribution in [0, 0.1) is 5.92 Å². The van der Waals surface area contributed by atoms with Gasteiger partial charge in [0.15, 0.2) is 6.61 Å². The van der Waals surface area contributed by atoms with Gasteiger partial charge in [-0.3, -0.25) is 14.4 Å². The molecule has 0 saturated carbocycles. The van der Waals surface area contributed by atoms with Crippen molar-refractivity contribution in [3.8, 4) is 5.75 Å². The lowest BCUT2D eigenvalue weighted by atomic mass is 9.94. The number of halogens is 3. The smallest absolute Gasteiger partial charge is 0.417 e. The SMILES string of the molecule is CN(C)C(=O)COC(=O)C[C@@H]1Cc2ccc(OCCc3cn4c(n3)N(C(=O)OC(C)(C)C)CCC4)cc2CN(CC(F)(F)F)C1=O. The molecule has 0 unspecified atom stereocenters. The highest BCUT2D eigenvalue weighted by Crippen LogP contribution is 2.31. The van der Waals surface area contributed by atoms with E-state index in [1.54, 1.807) is 39.0 Å². The van der Waals surface area contributed by atoms with E-state index in [1.807, 2.05) is 10.8 Å². The summed E-state index contributed by atoms with van der Waals surface area (Å²) in [6.45, 7) is 4.46. The number of anilines is 1. The first-order valence-electron chi connectivity index (χ1n) is 15.0. The second kappa shape index (κ2) is 14.0. The van der Waals surface area contributed by atoms with Gasteiger partial charge in [-0.25, -0.2) is 14.7 Å². The molecule has 0 aliphatic carbocycles. The fourth-order valence-corrected chi connectivity index (χ4v) is 5.20. The number of esters is 1. The van der Waals surface area contributed by atoms with Crippen LogP contribution < -0.4 is 9.64 Å². The van der Waals surface area contributed by atoms with Crippen molar-refractivity contribution >= 4 is 29.8 Å². The summed E-state index contributed by atoms with van der Waals surface area (Å²) in [7, 11) is 2.97. The van der Waals surface area contributed by atoms with Crippen molar-refractivity contribution in [1.29, 1.82) is 0 Å². The molecule has 0 spiro atoms. The number of imidazole rings is 1. The maximum atomic E-state index is 13.4. The number of ether oxygens (including phenoxy) is 3. The Morgan fingerprint density at radius 3 is 2.50 bits per heavy atom. The number of likely N-dealkylation sites (N-methyl/N-ethyl adjacent to an activating group) is 1. The predicted molar refractivity (Wildman–Crippen MR) is 159 cm³/mol. The van der Waals surface area contributed by atoms with Gasteiger partial charge in [-0.2, -0.15) is 13.2 Å².